The number of nitrogens with zero attached hydrogens (tertiary/aromatic N) is 6. The smallest absolute Gasteiger partial charge is 0.332 e. The third kappa shape index (κ3) is 3.30. The minimum atomic E-state index is -0.375. The summed E-state index contributed by atoms with van der Waals surface area (Å²) in [5, 5.41) is 0. The normalized spacial score (nSPS) is 15.3. The van der Waals surface area contributed by atoms with Crippen LogP contribution in [-0.2, 0) is 25.4 Å². The van der Waals surface area contributed by atoms with Gasteiger partial charge in [-0.3, -0.25) is 23.2 Å². The summed E-state index contributed by atoms with van der Waals surface area (Å²) in [6, 6.07) is 10.1. The van der Waals surface area contributed by atoms with Crippen molar-refractivity contribution in [2.75, 3.05) is 32.8 Å². The lowest BCUT2D eigenvalue weighted by Crippen LogP contribution is -2.37. The number of morpholine rings is 1. The van der Waals surface area contributed by atoms with Crippen LogP contribution >= 0.6 is 0 Å². The Balaban J connectivity index is 1.63. The second-order valence-electron chi connectivity index (χ2n) is 8.00. The van der Waals surface area contributed by atoms with Gasteiger partial charge < -0.3 is 9.30 Å². The van der Waals surface area contributed by atoms with Crippen LogP contribution in [0, 0.1) is 0 Å². The van der Waals surface area contributed by atoms with Crippen molar-refractivity contribution in [3.63, 3.8) is 0 Å². The summed E-state index contributed by atoms with van der Waals surface area (Å²) in [6.45, 7) is 5.21. The molecule has 0 saturated carbocycles. The van der Waals surface area contributed by atoms with Crippen molar-refractivity contribution in [3.05, 3.63) is 57.4 Å². The molecule has 4 aromatic rings. The fourth-order valence-corrected chi connectivity index (χ4v) is 4.35. The fraction of sp³-hybridized carbons (Fsp3) is 0.409. The zero-order valence-electron chi connectivity index (χ0n) is 17.8. The summed E-state index contributed by atoms with van der Waals surface area (Å²) in [5.74, 6) is 0.675. The molecular weight excluding hydrogens is 396 g/mol. The summed E-state index contributed by atoms with van der Waals surface area (Å²) >= 11 is 0. The van der Waals surface area contributed by atoms with Gasteiger partial charge in [-0.05, 0) is 12.0 Å². The summed E-state index contributed by atoms with van der Waals surface area (Å²) < 4.78 is 12.0. The van der Waals surface area contributed by atoms with E-state index in [0.29, 0.717) is 16.9 Å². The zero-order valence-corrected chi connectivity index (χ0v) is 17.8. The van der Waals surface area contributed by atoms with Gasteiger partial charge in [-0.15, -0.1) is 0 Å². The predicted octanol–water partition coefficient (Wildman–Crippen LogP) is 1.08. The lowest BCUT2D eigenvalue weighted by molar-refractivity contribution is 0.0370. The van der Waals surface area contributed by atoms with Crippen molar-refractivity contribution in [2.24, 2.45) is 14.1 Å². The molecule has 9 heteroatoms. The van der Waals surface area contributed by atoms with Gasteiger partial charge in [-0.25, -0.2) is 4.79 Å². The molecule has 1 aromatic carbocycles. The molecule has 0 bridgehead atoms. The zero-order chi connectivity index (χ0) is 21.5. The molecule has 3 aromatic heterocycles. The summed E-state index contributed by atoms with van der Waals surface area (Å²) in [5.41, 5.74) is 2.18. The van der Waals surface area contributed by atoms with Crippen molar-refractivity contribution in [1.82, 2.24) is 28.0 Å². The second kappa shape index (κ2) is 7.82. The summed E-state index contributed by atoms with van der Waals surface area (Å²) in [6.07, 6.45) is 2.91. The Morgan fingerprint density at radius 2 is 1.74 bits per heavy atom. The lowest BCUT2D eigenvalue weighted by Gasteiger charge is -2.26. The number of aryl methyl sites for hydroxylation is 2. The van der Waals surface area contributed by atoms with E-state index < -0.39 is 0 Å². The Kier molecular flexibility index (Phi) is 4.99. The Bertz CT molecular complexity index is 1360. The van der Waals surface area contributed by atoms with Gasteiger partial charge in [0, 0.05) is 46.5 Å². The minimum Gasteiger partial charge on any atom is -0.379 e. The van der Waals surface area contributed by atoms with Crippen LogP contribution in [0.4, 0.5) is 0 Å². The van der Waals surface area contributed by atoms with E-state index in [1.807, 2.05) is 28.8 Å². The highest BCUT2D eigenvalue weighted by atomic mass is 16.5. The van der Waals surface area contributed by atoms with E-state index in [1.54, 1.807) is 7.05 Å². The third-order valence-corrected chi connectivity index (χ3v) is 6.09. The van der Waals surface area contributed by atoms with Gasteiger partial charge in [-0.2, -0.15) is 4.98 Å². The van der Waals surface area contributed by atoms with Crippen molar-refractivity contribution in [1.29, 1.82) is 0 Å². The molecule has 0 unspecified atom stereocenters. The van der Waals surface area contributed by atoms with E-state index in [4.69, 9.17) is 9.72 Å². The van der Waals surface area contributed by atoms with E-state index in [2.05, 4.69) is 21.6 Å². The first-order chi connectivity index (χ1) is 15.1. The first-order valence-electron chi connectivity index (χ1n) is 10.6. The first-order valence-corrected chi connectivity index (χ1v) is 10.6. The molecule has 162 valence electrons. The molecule has 1 aliphatic heterocycles. The average molecular weight is 422 g/mol. The molecule has 1 aliphatic rings. The van der Waals surface area contributed by atoms with Gasteiger partial charge in [0.1, 0.15) is 0 Å². The van der Waals surface area contributed by atoms with E-state index >= 15 is 0 Å². The predicted molar refractivity (Wildman–Crippen MR) is 118 cm³/mol. The van der Waals surface area contributed by atoms with Crippen molar-refractivity contribution in [2.45, 2.75) is 13.0 Å². The van der Waals surface area contributed by atoms with E-state index in [-0.39, 0.29) is 11.2 Å². The van der Waals surface area contributed by atoms with Crippen LogP contribution in [-0.4, -0.2) is 60.8 Å². The van der Waals surface area contributed by atoms with Gasteiger partial charge in [0.05, 0.1) is 18.9 Å². The number of benzene rings is 1. The van der Waals surface area contributed by atoms with Crippen LogP contribution in [0.3, 0.4) is 0 Å². The topological polar surface area (TPSA) is 78.7 Å². The highest BCUT2D eigenvalue weighted by molar-refractivity contribution is 5.78. The van der Waals surface area contributed by atoms with Crippen LogP contribution in [0.15, 0.2) is 46.1 Å². The van der Waals surface area contributed by atoms with E-state index in [1.165, 1.54) is 11.6 Å². The van der Waals surface area contributed by atoms with Gasteiger partial charge >= 0.3 is 5.69 Å². The maximum absolute atomic E-state index is 12.9. The van der Waals surface area contributed by atoms with E-state index in [0.717, 1.165) is 61.6 Å². The number of imidazole rings is 2. The van der Waals surface area contributed by atoms with Crippen molar-refractivity contribution < 1.29 is 4.74 Å². The molecule has 0 N–H and O–H groups in total. The second-order valence-corrected chi connectivity index (χ2v) is 8.00. The molecule has 31 heavy (non-hydrogen) atoms. The molecule has 0 spiro atoms. The average Bonchev–Trinajstić information content (AvgIpc) is 3.34. The van der Waals surface area contributed by atoms with Crippen LogP contribution < -0.4 is 11.2 Å². The van der Waals surface area contributed by atoms with Gasteiger partial charge in [-0.1, -0.05) is 30.3 Å². The molecule has 4 heterocycles. The number of fused-ring (bicyclic) bond motifs is 3. The Hall–Kier alpha value is -3.17. The Morgan fingerprint density at radius 3 is 2.48 bits per heavy atom. The molecule has 0 atom stereocenters. The van der Waals surface area contributed by atoms with Crippen LogP contribution in [0.5, 0.6) is 0 Å². The monoisotopic (exact) mass is 422 g/mol. The molecule has 0 radical (unpaired) electrons. The van der Waals surface area contributed by atoms with Gasteiger partial charge in [0.15, 0.2) is 11.2 Å². The molecule has 5 rings (SSSR count). The van der Waals surface area contributed by atoms with Crippen LogP contribution in [0.25, 0.3) is 28.2 Å². The molecule has 0 aliphatic carbocycles. The molecule has 1 saturated heterocycles. The molecule has 0 amide bonds. The molecule has 1 fully saturated rings. The van der Waals surface area contributed by atoms with E-state index in [9.17, 15) is 9.59 Å². The number of ether oxygens (including phenoxy) is 1. The van der Waals surface area contributed by atoms with Gasteiger partial charge in [0.2, 0.25) is 5.78 Å². The van der Waals surface area contributed by atoms with Gasteiger partial charge in [0.25, 0.3) is 5.56 Å². The first kappa shape index (κ1) is 19.8. The Labute approximate surface area is 178 Å². The summed E-state index contributed by atoms with van der Waals surface area (Å²) in [7, 11) is 3.15. The maximum Gasteiger partial charge on any atom is 0.332 e. The fourth-order valence-electron chi connectivity index (χ4n) is 4.35. The lowest BCUT2D eigenvalue weighted by atomic mass is 10.1. The highest BCUT2D eigenvalue weighted by Gasteiger charge is 2.21. The molecular formula is C22H26N6O3. The number of aromatic nitrogens is 5. The standard InChI is InChI=1S/C22H26N6O3/c1-24-19-18(20(29)25(2)22(24)30)28-15-17(16-7-4-3-5-8-16)27(21(28)23-19)10-6-9-26-11-13-31-14-12-26/h3-5,7-8,15H,6,9-14H2,1-2H3. The highest BCUT2D eigenvalue weighted by Crippen LogP contribution is 2.25. The third-order valence-electron chi connectivity index (χ3n) is 6.09. The molecule has 9 nitrogen and oxygen atoms in total. The van der Waals surface area contributed by atoms with Crippen molar-refractivity contribution in [3.8, 4) is 11.3 Å². The number of hydrogen-bond donors (Lipinski definition) is 0. The van der Waals surface area contributed by atoms with Crippen LogP contribution in [0.1, 0.15) is 6.42 Å². The Morgan fingerprint density at radius 1 is 1.00 bits per heavy atom. The minimum absolute atomic E-state index is 0.337. The van der Waals surface area contributed by atoms with Crippen molar-refractivity contribution >= 4 is 16.9 Å². The number of rotatable bonds is 5. The quantitative estimate of drug-likeness (QED) is 0.481. The van der Waals surface area contributed by atoms with Crippen LogP contribution in [0.2, 0.25) is 0 Å². The summed E-state index contributed by atoms with van der Waals surface area (Å²) in [4.78, 5) is 32.4. The number of hydrogen-bond acceptors (Lipinski definition) is 5. The maximum atomic E-state index is 12.9. The SMILES string of the molecule is Cn1c(=O)c2c(nc3n(CCCN4CCOCC4)c(-c4ccccc4)cn23)n(C)c1=O. The largest absolute Gasteiger partial charge is 0.379 e.